The largest absolute Gasteiger partial charge is 0.386 e. The number of rotatable bonds is 3. The van der Waals surface area contributed by atoms with E-state index in [1.165, 1.54) is 0 Å². The fourth-order valence-corrected chi connectivity index (χ4v) is 1.49. The van der Waals surface area contributed by atoms with Gasteiger partial charge in [-0.3, -0.25) is 9.36 Å². The van der Waals surface area contributed by atoms with Crippen molar-refractivity contribution in [1.82, 2.24) is 19.6 Å². The van der Waals surface area contributed by atoms with E-state index >= 15 is 0 Å². The first-order valence-electron chi connectivity index (χ1n) is 4.81. The zero-order valence-electron chi connectivity index (χ0n) is 8.83. The zero-order valence-corrected chi connectivity index (χ0v) is 8.83. The molecule has 0 amide bonds. The molecule has 0 saturated heterocycles. The van der Waals surface area contributed by atoms with Gasteiger partial charge in [-0.15, -0.1) is 0 Å². The summed E-state index contributed by atoms with van der Waals surface area (Å²) in [6.45, 7) is 0. The molecule has 15 heavy (non-hydrogen) atoms. The van der Waals surface area contributed by atoms with Crippen LogP contribution in [0.15, 0.2) is 24.5 Å². The Hall–Kier alpha value is -1.62. The Balaban J connectivity index is 2.06. The summed E-state index contributed by atoms with van der Waals surface area (Å²) in [5.74, 6) is 0. The molecule has 80 valence electrons. The van der Waals surface area contributed by atoms with Gasteiger partial charge in [-0.1, -0.05) is 0 Å². The summed E-state index contributed by atoms with van der Waals surface area (Å²) >= 11 is 0. The highest BCUT2D eigenvalue weighted by Crippen LogP contribution is 2.14. The lowest BCUT2D eigenvalue weighted by Crippen LogP contribution is -2.04. The molecule has 5 heteroatoms. The molecule has 2 aromatic heterocycles. The SMILES string of the molecule is Cn1ccc(CC(O)c2ccn(C)n2)n1. The molecule has 2 heterocycles. The average Bonchev–Trinajstić information content (AvgIpc) is 2.75. The molecule has 0 aliphatic rings. The van der Waals surface area contributed by atoms with Crippen molar-refractivity contribution in [2.75, 3.05) is 0 Å². The summed E-state index contributed by atoms with van der Waals surface area (Å²) in [6.07, 6.45) is 3.59. The normalized spacial score (nSPS) is 13.0. The van der Waals surface area contributed by atoms with Crippen molar-refractivity contribution in [3.63, 3.8) is 0 Å². The highest BCUT2D eigenvalue weighted by Gasteiger charge is 2.12. The summed E-state index contributed by atoms with van der Waals surface area (Å²) < 4.78 is 3.40. The molecular weight excluding hydrogens is 192 g/mol. The van der Waals surface area contributed by atoms with E-state index in [-0.39, 0.29) is 0 Å². The molecule has 0 fully saturated rings. The van der Waals surface area contributed by atoms with Crippen molar-refractivity contribution >= 4 is 0 Å². The van der Waals surface area contributed by atoms with Gasteiger partial charge < -0.3 is 5.11 Å². The Morgan fingerprint density at radius 1 is 1.20 bits per heavy atom. The number of hydrogen-bond donors (Lipinski definition) is 1. The summed E-state index contributed by atoms with van der Waals surface area (Å²) in [4.78, 5) is 0. The van der Waals surface area contributed by atoms with Crippen LogP contribution in [-0.4, -0.2) is 24.7 Å². The van der Waals surface area contributed by atoms with Crippen LogP contribution in [0.5, 0.6) is 0 Å². The Labute approximate surface area is 88.0 Å². The van der Waals surface area contributed by atoms with E-state index < -0.39 is 6.10 Å². The Morgan fingerprint density at radius 3 is 2.40 bits per heavy atom. The molecular formula is C10H14N4O. The maximum atomic E-state index is 9.87. The number of aryl methyl sites for hydroxylation is 2. The third-order valence-electron chi connectivity index (χ3n) is 2.25. The van der Waals surface area contributed by atoms with E-state index in [4.69, 9.17) is 0 Å². The monoisotopic (exact) mass is 206 g/mol. The van der Waals surface area contributed by atoms with Gasteiger partial charge in [-0.05, 0) is 12.1 Å². The first kappa shape index (κ1) is 9.92. The van der Waals surface area contributed by atoms with E-state index in [0.29, 0.717) is 12.1 Å². The molecule has 0 radical (unpaired) electrons. The van der Waals surface area contributed by atoms with Gasteiger partial charge >= 0.3 is 0 Å². The second kappa shape index (κ2) is 3.86. The van der Waals surface area contributed by atoms with Gasteiger partial charge in [0.15, 0.2) is 0 Å². The van der Waals surface area contributed by atoms with E-state index in [1.54, 1.807) is 9.36 Å². The van der Waals surface area contributed by atoms with Gasteiger partial charge in [0.1, 0.15) is 6.10 Å². The quantitative estimate of drug-likeness (QED) is 0.792. The minimum absolute atomic E-state index is 0.498. The van der Waals surface area contributed by atoms with Gasteiger partial charge in [-0.2, -0.15) is 10.2 Å². The van der Waals surface area contributed by atoms with Crippen LogP contribution in [0.2, 0.25) is 0 Å². The summed E-state index contributed by atoms with van der Waals surface area (Å²) in [5, 5.41) is 18.2. The molecule has 1 unspecified atom stereocenters. The molecule has 5 nitrogen and oxygen atoms in total. The lowest BCUT2D eigenvalue weighted by molar-refractivity contribution is 0.171. The maximum absolute atomic E-state index is 9.87. The van der Waals surface area contributed by atoms with Gasteiger partial charge in [-0.25, -0.2) is 0 Å². The van der Waals surface area contributed by atoms with Crippen molar-refractivity contribution in [2.24, 2.45) is 14.1 Å². The number of aromatic nitrogens is 4. The van der Waals surface area contributed by atoms with Gasteiger partial charge in [0.25, 0.3) is 0 Å². The topological polar surface area (TPSA) is 55.9 Å². The Kier molecular flexibility index (Phi) is 2.55. The van der Waals surface area contributed by atoms with E-state index in [0.717, 1.165) is 5.69 Å². The molecule has 2 aromatic rings. The maximum Gasteiger partial charge on any atom is 0.103 e. The zero-order chi connectivity index (χ0) is 10.8. The van der Waals surface area contributed by atoms with Crippen molar-refractivity contribution in [3.8, 4) is 0 Å². The Morgan fingerprint density at radius 2 is 1.87 bits per heavy atom. The van der Waals surface area contributed by atoms with Crippen LogP contribution < -0.4 is 0 Å². The van der Waals surface area contributed by atoms with Crippen molar-refractivity contribution < 1.29 is 5.11 Å². The van der Waals surface area contributed by atoms with Gasteiger partial charge in [0.05, 0.1) is 11.4 Å². The highest BCUT2D eigenvalue weighted by molar-refractivity contribution is 5.08. The number of nitrogens with zero attached hydrogens (tertiary/aromatic N) is 4. The van der Waals surface area contributed by atoms with E-state index in [9.17, 15) is 5.11 Å². The fourth-order valence-electron chi connectivity index (χ4n) is 1.49. The first-order valence-corrected chi connectivity index (χ1v) is 4.81. The van der Waals surface area contributed by atoms with Crippen LogP contribution >= 0.6 is 0 Å². The second-order valence-electron chi connectivity index (χ2n) is 3.61. The van der Waals surface area contributed by atoms with Crippen LogP contribution in [0.3, 0.4) is 0 Å². The molecule has 0 bridgehead atoms. The van der Waals surface area contributed by atoms with Crippen molar-refractivity contribution in [1.29, 1.82) is 0 Å². The van der Waals surface area contributed by atoms with Crippen LogP contribution in [0.1, 0.15) is 17.5 Å². The Bertz CT molecular complexity index is 446. The molecule has 0 aromatic carbocycles. The predicted molar refractivity (Wildman–Crippen MR) is 55.1 cm³/mol. The first-order chi connectivity index (χ1) is 7.15. The van der Waals surface area contributed by atoms with Crippen LogP contribution in [0, 0.1) is 0 Å². The average molecular weight is 206 g/mol. The number of aliphatic hydroxyl groups is 1. The predicted octanol–water partition coefficient (Wildman–Crippen LogP) is 0.430. The molecule has 0 saturated carbocycles. The second-order valence-corrected chi connectivity index (χ2v) is 3.61. The standard InChI is InChI=1S/C10H14N4O/c1-13-5-3-8(11-13)7-10(15)9-4-6-14(2)12-9/h3-6,10,15H,7H2,1-2H3. The van der Waals surface area contributed by atoms with Crippen LogP contribution in [-0.2, 0) is 20.5 Å². The summed E-state index contributed by atoms with van der Waals surface area (Å²) in [6, 6.07) is 3.71. The highest BCUT2D eigenvalue weighted by atomic mass is 16.3. The molecule has 0 aliphatic carbocycles. The third-order valence-corrected chi connectivity index (χ3v) is 2.25. The summed E-state index contributed by atoms with van der Waals surface area (Å²) in [7, 11) is 3.69. The molecule has 0 aliphatic heterocycles. The van der Waals surface area contributed by atoms with E-state index in [2.05, 4.69) is 10.2 Å². The fraction of sp³-hybridized carbons (Fsp3) is 0.400. The van der Waals surface area contributed by atoms with Crippen LogP contribution in [0.25, 0.3) is 0 Å². The minimum atomic E-state index is -0.582. The van der Waals surface area contributed by atoms with E-state index in [1.807, 2.05) is 38.6 Å². The number of hydrogen-bond acceptors (Lipinski definition) is 3. The summed E-state index contributed by atoms with van der Waals surface area (Å²) in [5.41, 5.74) is 1.55. The molecule has 1 N–H and O–H groups in total. The van der Waals surface area contributed by atoms with Crippen LogP contribution in [0.4, 0.5) is 0 Å². The lowest BCUT2D eigenvalue weighted by atomic mass is 10.1. The van der Waals surface area contributed by atoms with Crippen molar-refractivity contribution in [3.05, 3.63) is 35.9 Å². The minimum Gasteiger partial charge on any atom is -0.386 e. The van der Waals surface area contributed by atoms with Gasteiger partial charge in [0.2, 0.25) is 0 Å². The smallest absolute Gasteiger partial charge is 0.103 e. The lowest BCUT2D eigenvalue weighted by Gasteiger charge is -2.04. The molecule has 1 atom stereocenters. The van der Waals surface area contributed by atoms with Gasteiger partial charge in [0, 0.05) is 32.9 Å². The number of aliphatic hydroxyl groups excluding tert-OH is 1. The van der Waals surface area contributed by atoms with Crippen molar-refractivity contribution in [2.45, 2.75) is 12.5 Å². The molecule has 2 rings (SSSR count). The third kappa shape index (κ3) is 2.24. The molecule has 0 spiro atoms.